The highest BCUT2D eigenvalue weighted by Crippen LogP contribution is 2.23. The highest BCUT2D eigenvalue weighted by molar-refractivity contribution is 5.93. The molecule has 0 saturated heterocycles. The van der Waals surface area contributed by atoms with Crippen LogP contribution in [0.15, 0.2) is 36.7 Å². The monoisotopic (exact) mass is 290 g/mol. The topological polar surface area (TPSA) is 110 Å². The van der Waals surface area contributed by atoms with E-state index in [9.17, 15) is 14.9 Å². The lowest BCUT2D eigenvalue weighted by Gasteiger charge is -2.15. The molecule has 0 bridgehead atoms. The van der Waals surface area contributed by atoms with E-state index in [1.54, 1.807) is 16.9 Å². The fourth-order valence-corrected chi connectivity index (χ4v) is 1.98. The summed E-state index contributed by atoms with van der Waals surface area (Å²) in [7, 11) is 0. The van der Waals surface area contributed by atoms with Gasteiger partial charge in [-0.1, -0.05) is 0 Å². The lowest BCUT2D eigenvalue weighted by molar-refractivity contribution is -0.385. The second kappa shape index (κ2) is 6.04. The predicted molar refractivity (Wildman–Crippen MR) is 75.4 cm³/mol. The quantitative estimate of drug-likeness (QED) is 0.621. The van der Waals surface area contributed by atoms with Crippen LogP contribution < -0.4 is 5.32 Å². The molecular formula is C13H14N4O4. The summed E-state index contributed by atoms with van der Waals surface area (Å²) in [5.41, 5.74) is -0.248. The molecule has 1 atom stereocenters. The predicted octanol–water partition coefficient (Wildman–Crippen LogP) is 1.99. The molecule has 1 unspecified atom stereocenters. The number of nitrogens with zero attached hydrogens (tertiary/aromatic N) is 3. The fraction of sp³-hybridized carbons (Fsp3) is 0.231. The molecule has 0 saturated carbocycles. The van der Waals surface area contributed by atoms with Crippen molar-refractivity contribution in [2.24, 2.45) is 0 Å². The Bertz CT molecular complexity index is 654. The summed E-state index contributed by atoms with van der Waals surface area (Å²) in [6.45, 7) is 2.50. The number of carboxylic acid groups (broad SMARTS) is 1. The number of aromatic nitrogens is 2. The minimum Gasteiger partial charge on any atom is -0.477 e. The number of rotatable bonds is 6. The molecule has 110 valence electrons. The van der Waals surface area contributed by atoms with E-state index in [2.05, 4.69) is 10.4 Å². The zero-order valence-corrected chi connectivity index (χ0v) is 11.3. The van der Waals surface area contributed by atoms with E-state index in [0.29, 0.717) is 12.2 Å². The average molecular weight is 290 g/mol. The van der Waals surface area contributed by atoms with Gasteiger partial charge in [0.2, 0.25) is 0 Å². The van der Waals surface area contributed by atoms with Gasteiger partial charge < -0.3 is 10.4 Å². The van der Waals surface area contributed by atoms with Crippen LogP contribution in [-0.4, -0.2) is 31.8 Å². The Morgan fingerprint density at radius 2 is 2.33 bits per heavy atom. The van der Waals surface area contributed by atoms with Crippen LogP contribution in [-0.2, 0) is 6.54 Å². The average Bonchev–Trinajstić information content (AvgIpc) is 2.90. The molecule has 0 radical (unpaired) electrons. The number of hydrogen-bond donors (Lipinski definition) is 2. The summed E-state index contributed by atoms with van der Waals surface area (Å²) >= 11 is 0. The number of hydrogen-bond acceptors (Lipinski definition) is 5. The van der Waals surface area contributed by atoms with Crippen LogP contribution in [0.5, 0.6) is 0 Å². The first-order chi connectivity index (χ1) is 9.97. The number of anilines is 1. The Kier molecular flexibility index (Phi) is 4.17. The van der Waals surface area contributed by atoms with Crippen molar-refractivity contribution in [3.05, 3.63) is 52.3 Å². The van der Waals surface area contributed by atoms with Gasteiger partial charge in [0.05, 0.1) is 11.5 Å². The molecule has 0 aliphatic heterocycles. The van der Waals surface area contributed by atoms with Crippen molar-refractivity contribution in [2.45, 2.75) is 19.5 Å². The van der Waals surface area contributed by atoms with Crippen molar-refractivity contribution in [3.8, 4) is 0 Å². The smallest absolute Gasteiger partial charge is 0.342 e. The number of nitro benzene ring substituents is 1. The van der Waals surface area contributed by atoms with Crippen LogP contribution in [0, 0.1) is 10.1 Å². The summed E-state index contributed by atoms with van der Waals surface area (Å²) in [5, 5.41) is 27.0. The number of carbonyl (C=O) groups is 1. The molecule has 0 aliphatic rings. The maximum atomic E-state index is 11.1. The van der Waals surface area contributed by atoms with Gasteiger partial charge >= 0.3 is 5.97 Å². The first kappa shape index (κ1) is 14.5. The van der Waals surface area contributed by atoms with Gasteiger partial charge in [-0.25, -0.2) is 4.79 Å². The van der Waals surface area contributed by atoms with Crippen molar-refractivity contribution in [1.82, 2.24) is 9.78 Å². The van der Waals surface area contributed by atoms with Gasteiger partial charge in [-0.2, -0.15) is 5.10 Å². The Hall–Kier alpha value is -2.90. The van der Waals surface area contributed by atoms with E-state index in [4.69, 9.17) is 5.11 Å². The summed E-state index contributed by atoms with van der Waals surface area (Å²) in [6, 6.07) is 5.73. The summed E-state index contributed by atoms with van der Waals surface area (Å²) in [6.07, 6.45) is 3.48. The zero-order valence-electron chi connectivity index (χ0n) is 11.3. The molecule has 2 N–H and O–H groups in total. The van der Waals surface area contributed by atoms with Gasteiger partial charge in [-0.05, 0) is 25.1 Å². The second-order valence-electron chi connectivity index (χ2n) is 4.57. The molecule has 21 heavy (non-hydrogen) atoms. The summed E-state index contributed by atoms with van der Waals surface area (Å²) in [5.74, 6) is -1.33. The lowest BCUT2D eigenvalue weighted by Crippen LogP contribution is -2.22. The van der Waals surface area contributed by atoms with Gasteiger partial charge in [-0.3, -0.25) is 14.8 Å². The molecule has 8 nitrogen and oxygen atoms in total. The van der Waals surface area contributed by atoms with Gasteiger partial charge in [0.25, 0.3) is 5.69 Å². The van der Waals surface area contributed by atoms with Crippen molar-refractivity contribution >= 4 is 17.3 Å². The zero-order chi connectivity index (χ0) is 15.4. The molecular weight excluding hydrogens is 276 g/mol. The molecule has 1 heterocycles. The van der Waals surface area contributed by atoms with E-state index < -0.39 is 16.6 Å². The SMILES string of the molecule is CC(Cn1cccn1)Nc1ccc([N+](=O)[O-])c(C(=O)O)c1. The Balaban J connectivity index is 2.15. The molecule has 2 aromatic rings. The minimum absolute atomic E-state index is 0.0204. The number of benzene rings is 1. The van der Waals surface area contributed by atoms with Crippen molar-refractivity contribution in [2.75, 3.05) is 5.32 Å². The van der Waals surface area contributed by atoms with E-state index in [0.717, 1.165) is 0 Å². The van der Waals surface area contributed by atoms with E-state index in [1.165, 1.54) is 18.2 Å². The number of carboxylic acids is 1. The Labute approximate surface area is 120 Å². The van der Waals surface area contributed by atoms with Crippen molar-refractivity contribution in [3.63, 3.8) is 0 Å². The van der Waals surface area contributed by atoms with Crippen LogP contribution in [0.3, 0.4) is 0 Å². The van der Waals surface area contributed by atoms with Gasteiger partial charge in [0.1, 0.15) is 5.56 Å². The highest BCUT2D eigenvalue weighted by atomic mass is 16.6. The van der Waals surface area contributed by atoms with Crippen LogP contribution in [0.2, 0.25) is 0 Å². The lowest BCUT2D eigenvalue weighted by atomic mass is 10.1. The largest absolute Gasteiger partial charge is 0.477 e. The van der Waals surface area contributed by atoms with Crippen molar-refractivity contribution in [1.29, 1.82) is 0 Å². The standard InChI is InChI=1S/C13H14N4O4/c1-9(8-16-6-2-5-14-16)15-10-3-4-12(17(20)21)11(7-10)13(18)19/h2-7,9,15H,8H2,1H3,(H,18,19). The minimum atomic E-state index is -1.33. The molecule has 0 fully saturated rings. The van der Waals surface area contributed by atoms with Crippen LogP contribution >= 0.6 is 0 Å². The second-order valence-corrected chi connectivity index (χ2v) is 4.57. The third kappa shape index (κ3) is 3.56. The highest BCUT2D eigenvalue weighted by Gasteiger charge is 2.20. The molecule has 0 amide bonds. The molecule has 1 aromatic heterocycles. The van der Waals surface area contributed by atoms with Crippen LogP contribution in [0.1, 0.15) is 17.3 Å². The first-order valence-corrected chi connectivity index (χ1v) is 6.23. The Morgan fingerprint density at radius 3 is 2.90 bits per heavy atom. The van der Waals surface area contributed by atoms with E-state index >= 15 is 0 Å². The fourth-order valence-electron chi connectivity index (χ4n) is 1.98. The summed E-state index contributed by atoms with van der Waals surface area (Å²) in [4.78, 5) is 21.1. The van der Waals surface area contributed by atoms with Gasteiger partial charge in [0, 0.05) is 30.2 Å². The molecule has 2 rings (SSSR count). The summed E-state index contributed by atoms with van der Waals surface area (Å²) < 4.78 is 1.74. The molecule has 0 aliphatic carbocycles. The third-order valence-corrected chi connectivity index (χ3v) is 2.86. The first-order valence-electron chi connectivity index (χ1n) is 6.23. The number of nitrogens with one attached hydrogen (secondary N) is 1. The van der Waals surface area contributed by atoms with Gasteiger partial charge in [-0.15, -0.1) is 0 Å². The maximum absolute atomic E-state index is 11.1. The number of nitro groups is 1. The van der Waals surface area contributed by atoms with Gasteiger partial charge in [0.15, 0.2) is 0 Å². The molecule has 8 heteroatoms. The van der Waals surface area contributed by atoms with E-state index in [-0.39, 0.29) is 11.6 Å². The third-order valence-electron chi connectivity index (χ3n) is 2.86. The number of aromatic carboxylic acids is 1. The molecule has 0 spiro atoms. The molecule has 1 aromatic carbocycles. The van der Waals surface area contributed by atoms with E-state index in [1.807, 2.05) is 13.1 Å². The maximum Gasteiger partial charge on any atom is 0.342 e. The van der Waals surface area contributed by atoms with Crippen LogP contribution in [0.25, 0.3) is 0 Å². The normalized spacial score (nSPS) is 11.9. The Morgan fingerprint density at radius 1 is 1.57 bits per heavy atom. The van der Waals surface area contributed by atoms with Crippen molar-refractivity contribution < 1.29 is 14.8 Å². The van der Waals surface area contributed by atoms with Crippen LogP contribution in [0.4, 0.5) is 11.4 Å².